The highest BCUT2D eigenvalue weighted by molar-refractivity contribution is 6.28. The summed E-state index contributed by atoms with van der Waals surface area (Å²) in [4.78, 5) is 4.32. The van der Waals surface area contributed by atoms with E-state index in [2.05, 4.69) is 158 Å². The quantitative estimate of drug-likeness (QED) is 0.191. The summed E-state index contributed by atoms with van der Waals surface area (Å²) in [6.45, 7) is 6.88. The van der Waals surface area contributed by atoms with Gasteiger partial charge in [0.15, 0.2) is 0 Å². The van der Waals surface area contributed by atoms with Crippen LogP contribution in [0.5, 0.6) is 0 Å². The Morgan fingerprint density at radius 3 is 1.58 bits per heavy atom. The van der Waals surface area contributed by atoms with Gasteiger partial charge in [-0.1, -0.05) is 106 Å². The molecule has 0 aliphatic heterocycles. The summed E-state index contributed by atoms with van der Waals surface area (Å²) in [5, 5.41) is 10.4. The van der Waals surface area contributed by atoms with Crippen molar-refractivity contribution in [3.05, 3.63) is 145 Å². The van der Waals surface area contributed by atoms with Gasteiger partial charge in [-0.15, -0.1) is 0 Å². The number of benzene rings is 7. The third-order valence-electron chi connectivity index (χ3n) is 9.59. The molecule has 0 atom stereocenters. The Hall–Kier alpha value is -5.47. The summed E-state index contributed by atoms with van der Waals surface area (Å²) < 4.78 is 2.38. The van der Waals surface area contributed by atoms with Crippen molar-refractivity contribution in [1.82, 2.24) is 9.55 Å². The lowest BCUT2D eigenvalue weighted by molar-refractivity contribution is 0.591. The van der Waals surface area contributed by atoms with Crippen molar-refractivity contribution >= 4 is 54.1 Å². The number of para-hydroxylation sites is 2. The van der Waals surface area contributed by atoms with Gasteiger partial charge in [-0.05, 0) is 108 Å². The van der Waals surface area contributed by atoms with Crippen molar-refractivity contribution in [3.63, 3.8) is 0 Å². The largest absolute Gasteiger partial charge is 0.309 e. The molecule has 0 spiro atoms. The zero-order chi connectivity index (χ0) is 30.3. The predicted octanol–water partition coefficient (Wildman–Crippen LogP) is 11.7. The summed E-state index contributed by atoms with van der Waals surface area (Å²) >= 11 is 0. The number of hydrogen-bond acceptors (Lipinski definition) is 1. The SMILES string of the molecule is CC(C)(C)c1cc2ccc3c(-c4ccncc4)cc(-c4ccc(-n5c6ccccc6c6ccccc65)cc4)c4ccc(c1)c2c34. The molecular formula is C43H32N2. The highest BCUT2D eigenvalue weighted by atomic mass is 15.0. The molecule has 0 saturated heterocycles. The number of pyridine rings is 1. The number of nitrogens with zero attached hydrogens (tertiary/aromatic N) is 2. The molecule has 2 heteroatoms. The van der Waals surface area contributed by atoms with Crippen LogP contribution in [0.15, 0.2) is 140 Å². The summed E-state index contributed by atoms with van der Waals surface area (Å²) in [5.41, 5.74) is 9.94. The summed E-state index contributed by atoms with van der Waals surface area (Å²) in [7, 11) is 0. The van der Waals surface area contributed by atoms with Crippen LogP contribution in [0, 0.1) is 0 Å². The normalized spacial score (nSPS) is 12.3. The molecule has 0 unspecified atom stereocenters. The Kier molecular flexibility index (Phi) is 5.49. The van der Waals surface area contributed by atoms with E-state index in [1.54, 1.807) is 0 Å². The molecule has 0 radical (unpaired) electrons. The first kappa shape index (κ1) is 26.0. The van der Waals surface area contributed by atoms with E-state index in [0.717, 1.165) is 5.69 Å². The maximum Gasteiger partial charge on any atom is 0.0541 e. The van der Waals surface area contributed by atoms with E-state index in [9.17, 15) is 0 Å². The maximum absolute atomic E-state index is 4.32. The fraction of sp³-hybridized carbons (Fsp3) is 0.0930. The van der Waals surface area contributed by atoms with E-state index in [0.29, 0.717) is 0 Å². The second-order valence-electron chi connectivity index (χ2n) is 13.3. The highest BCUT2D eigenvalue weighted by Gasteiger charge is 2.20. The summed E-state index contributed by atoms with van der Waals surface area (Å²) in [6.07, 6.45) is 3.78. The van der Waals surface area contributed by atoms with Crippen molar-refractivity contribution in [2.45, 2.75) is 26.2 Å². The molecule has 214 valence electrons. The number of rotatable bonds is 3. The van der Waals surface area contributed by atoms with Crippen LogP contribution in [0.4, 0.5) is 0 Å². The summed E-state index contributed by atoms with van der Waals surface area (Å²) in [6, 6.07) is 47.2. The minimum Gasteiger partial charge on any atom is -0.309 e. The second kappa shape index (κ2) is 9.51. The highest BCUT2D eigenvalue weighted by Crippen LogP contribution is 2.45. The smallest absolute Gasteiger partial charge is 0.0541 e. The van der Waals surface area contributed by atoms with Crippen LogP contribution in [0.1, 0.15) is 26.3 Å². The van der Waals surface area contributed by atoms with E-state index in [4.69, 9.17) is 0 Å². The van der Waals surface area contributed by atoms with E-state index < -0.39 is 0 Å². The average Bonchev–Trinajstić information content (AvgIpc) is 3.41. The predicted molar refractivity (Wildman–Crippen MR) is 192 cm³/mol. The molecular weight excluding hydrogens is 544 g/mol. The topological polar surface area (TPSA) is 17.8 Å². The third-order valence-corrected chi connectivity index (χ3v) is 9.59. The minimum absolute atomic E-state index is 0.0793. The number of hydrogen-bond donors (Lipinski definition) is 0. The number of fused-ring (bicyclic) bond motifs is 3. The molecule has 0 bridgehead atoms. The monoisotopic (exact) mass is 576 g/mol. The second-order valence-corrected chi connectivity index (χ2v) is 13.3. The molecule has 45 heavy (non-hydrogen) atoms. The average molecular weight is 577 g/mol. The van der Waals surface area contributed by atoms with Crippen molar-refractivity contribution in [3.8, 4) is 27.9 Å². The molecule has 0 aliphatic carbocycles. The van der Waals surface area contributed by atoms with Crippen molar-refractivity contribution in [2.24, 2.45) is 0 Å². The van der Waals surface area contributed by atoms with Crippen molar-refractivity contribution in [1.29, 1.82) is 0 Å². The van der Waals surface area contributed by atoms with Gasteiger partial charge in [0.05, 0.1) is 11.0 Å². The molecule has 9 rings (SSSR count). The van der Waals surface area contributed by atoms with Crippen LogP contribution >= 0.6 is 0 Å². The first-order valence-electron chi connectivity index (χ1n) is 15.7. The lowest BCUT2D eigenvalue weighted by atomic mass is 9.81. The van der Waals surface area contributed by atoms with Crippen LogP contribution in [-0.2, 0) is 5.41 Å². The maximum atomic E-state index is 4.32. The van der Waals surface area contributed by atoms with Gasteiger partial charge in [0.1, 0.15) is 0 Å². The Balaban J connectivity index is 1.30. The minimum atomic E-state index is 0.0793. The van der Waals surface area contributed by atoms with Crippen LogP contribution in [0.25, 0.3) is 82.1 Å². The number of aromatic nitrogens is 2. The lowest BCUT2D eigenvalue weighted by Gasteiger charge is -2.23. The first-order valence-corrected chi connectivity index (χ1v) is 15.7. The zero-order valence-electron chi connectivity index (χ0n) is 25.7. The first-order chi connectivity index (χ1) is 22.0. The molecule has 7 aromatic carbocycles. The van der Waals surface area contributed by atoms with Gasteiger partial charge >= 0.3 is 0 Å². The van der Waals surface area contributed by atoms with Crippen LogP contribution in [0.2, 0.25) is 0 Å². The van der Waals surface area contributed by atoms with E-state index in [1.807, 2.05) is 12.4 Å². The third kappa shape index (κ3) is 3.92. The van der Waals surface area contributed by atoms with Crippen LogP contribution in [-0.4, -0.2) is 9.55 Å². The van der Waals surface area contributed by atoms with Gasteiger partial charge in [0.25, 0.3) is 0 Å². The Bertz CT molecular complexity index is 2470. The lowest BCUT2D eigenvalue weighted by Crippen LogP contribution is -2.10. The van der Waals surface area contributed by atoms with Gasteiger partial charge in [-0.2, -0.15) is 0 Å². The zero-order valence-corrected chi connectivity index (χ0v) is 25.7. The molecule has 9 aromatic rings. The standard InChI is InChI=1S/C43H32N2/c1-43(2,3)31-24-29-14-18-35-37(26-38(28-20-22-44-23-21-28)36-19-15-30(25-31)41(29)42(35)36)27-12-16-32(17-13-27)45-39-10-6-4-8-33(39)34-9-5-7-11-40(34)45/h4-26H,1-3H3. The molecule has 2 nitrogen and oxygen atoms in total. The fourth-order valence-electron chi connectivity index (χ4n) is 7.35. The summed E-state index contributed by atoms with van der Waals surface area (Å²) in [5.74, 6) is 0. The molecule has 0 N–H and O–H groups in total. The van der Waals surface area contributed by atoms with Crippen molar-refractivity contribution in [2.75, 3.05) is 0 Å². The van der Waals surface area contributed by atoms with Gasteiger partial charge < -0.3 is 4.57 Å². The van der Waals surface area contributed by atoms with Gasteiger partial charge in [-0.25, -0.2) is 0 Å². The Morgan fingerprint density at radius 2 is 1.02 bits per heavy atom. The van der Waals surface area contributed by atoms with Crippen LogP contribution in [0.3, 0.4) is 0 Å². The Labute approximate surface area is 262 Å². The molecule has 0 fully saturated rings. The molecule has 0 amide bonds. The van der Waals surface area contributed by atoms with Crippen molar-refractivity contribution < 1.29 is 0 Å². The Morgan fingerprint density at radius 1 is 0.489 bits per heavy atom. The molecule has 0 saturated carbocycles. The van der Waals surface area contributed by atoms with E-state index in [-0.39, 0.29) is 5.41 Å². The van der Waals surface area contributed by atoms with Gasteiger partial charge in [0.2, 0.25) is 0 Å². The van der Waals surface area contributed by atoms with Crippen LogP contribution < -0.4 is 0 Å². The van der Waals surface area contributed by atoms with E-state index >= 15 is 0 Å². The molecule has 0 aliphatic rings. The van der Waals surface area contributed by atoms with E-state index in [1.165, 1.54) is 81.9 Å². The van der Waals surface area contributed by atoms with Gasteiger partial charge in [-0.3, -0.25) is 4.98 Å². The van der Waals surface area contributed by atoms with Gasteiger partial charge in [0, 0.05) is 28.9 Å². The fourth-order valence-corrected chi connectivity index (χ4v) is 7.35. The molecule has 2 aromatic heterocycles. The molecule has 2 heterocycles.